The monoisotopic (exact) mass is 270 g/mol. The number of carboxylic acid groups (broad SMARTS) is 1. The lowest BCUT2D eigenvalue weighted by atomic mass is 10.3. The average Bonchev–Trinajstić information content (AvgIpc) is 2.72. The van der Waals surface area contributed by atoms with Crippen LogP contribution in [-0.4, -0.2) is 40.5 Å². The van der Waals surface area contributed by atoms with Crippen LogP contribution in [0.4, 0.5) is 4.79 Å². The first-order valence-corrected chi connectivity index (χ1v) is 5.83. The molecular formula is C11H18N4O4. The van der Waals surface area contributed by atoms with Crippen LogP contribution in [0.2, 0.25) is 0 Å². The molecule has 2 amide bonds. The fourth-order valence-corrected chi connectivity index (χ4v) is 1.46. The van der Waals surface area contributed by atoms with Crippen molar-refractivity contribution < 1.29 is 19.4 Å². The molecule has 0 radical (unpaired) electrons. The minimum absolute atomic E-state index is 0.0394. The minimum Gasteiger partial charge on any atom is -0.481 e. The zero-order valence-electron chi connectivity index (χ0n) is 11.0. The van der Waals surface area contributed by atoms with Crippen LogP contribution >= 0.6 is 0 Å². The standard InChI is InChI=1S/C11H18N4O4/c1-15-9(19-2)6-8(14-15)7-13-11(18)12-5-3-4-10(16)17/h6H,3-5,7H2,1-2H3,(H,16,17)(H2,12,13,18). The molecule has 106 valence electrons. The second-order valence-corrected chi connectivity index (χ2v) is 3.91. The van der Waals surface area contributed by atoms with Gasteiger partial charge in [0.1, 0.15) is 0 Å². The van der Waals surface area contributed by atoms with E-state index < -0.39 is 5.97 Å². The van der Waals surface area contributed by atoms with Gasteiger partial charge in [-0.1, -0.05) is 0 Å². The number of aliphatic carboxylic acids is 1. The fraction of sp³-hybridized carbons (Fsp3) is 0.545. The molecule has 0 aliphatic carbocycles. The average molecular weight is 270 g/mol. The zero-order chi connectivity index (χ0) is 14.3. The summed E-state index contributed by atoms with van der Waals surface area (Å²) in [5, 5.41) is 17.8. The fourth-order valence-electron chi connectivity index (χ4n) is 1.46. The molecule has 0 aromatic carbocycles. The molecule has 0 saturated carbocycles. The van der Waals surface area contributed by atoms with Crippen LogP contribution in [0.25, 0.3) is 0 Å². The maximum Gasteiger partial charge on any atom is 0.315 e. The van der Waals surface area contributed by atoms with Crippen LogP contribution in [0.3, 0.4) is 0 Å². The number of aromatic nitrogens is 2. The van der Waals surface area contributed by atoms with Crippen LogP contribution in [0, 0.1) is 0 Å². The van der Waals surface area contributed by atoms with Crippen molar-refractivity contribution in [2.24, 2.45) is 7.05 Å². The summed E-state index contributed by atoms with van der Waals surface area (Å²) in [6, 6.07) is 1.38. The van der Waals surface area contributed by atoms with E-state index in [1.54, 1.807) is 24.9 Å². The Balaban J connectivity index is 2.24. The molecule has 0 saturated heterocycles. The van der Waals surface area contributed by atoms with Crippen molar-refractivity contribution in [3.63, 3.8) is 0 Å². The molecule has 0 unspecified atom stereocenters. The second-order valence-electron chi connectivity index (χ2n) is 3.91. The van der Waals surface area contributed by atoms with Gasteiger partial charge in [0.05, 0.1) is 19.3 Å². The summed E-state index contributed by atoms with van der Waals surface area (Å²) in [7, 11) is 3.29. The lowest BCUT2D eigenvalue weighted by molar-refractivity contribution is -0.137. The molecule has 8 nitrogen and oxygen atoms in total. The summed E-state index contributed by atoms with van der Waals surface area (Å²) < 4.78 is 6.62. The van der Waals surface area contributed by atoms with Crippen LogP contribution in [0.5, 0.6) is 5.88 Å². The van der Waals surface area contributed by atoms with E-state index in [1.807, 2.05) is 0 Å². The number of carboxylic acids is 1. The highest BCUT2D eigenvalue weighted by molar-refractivity contribution is 5.73. The number of carbonyl (C=O) groups is 2. The Labute approximate surface area is 110 Å². The number of urea groups is 1. The first-order chi connectivity index (χ1) is 9.02. The number of methoxy groups -OCH3 is 1. The molecule has 3 N–H and O–H groups in total. The Hall–Kier alpha value is -2.25. The molecule has 0 atom stereocenters. The van der Waals surface area contributed by atoms with Crippen molar-refractivity contribution in [2.45, 2.75) is 19.4 Å². The van der Waals surface area contributed by atoms with E-state index in [-0.39, 0.29) is 19.0 Å². The van der Waals surface area contributed by atoms with Crippen LogP contribution < -0.4 is 15.4 Å². The van der Waals surface area contributed by atoms with Gasteiger partial charge in [-0.15, -0.1) is 0 Å². The summed E-state index contributed by atoms with van der Waals surface area (Å²) in [5.74, 6) is -0.263. The summed E-state index contributed by atoms with van der Waals surface area (Å²) in [5.41, 5.74) is 0.681. The number of rotatable bonds is 7. The van der Waals surface area contributed by atoms with E-state index in [0.29, 0.717) is 24.5 Å². The third-order valence-corrected chi connectivity index (χ3v) is 2.38. The summed E-state index contributed by atoms with van der Waals surface area (Å²) in [6.07, 6.45) is 0.442. The quantitative estimate of drug-likeness (QED) is 0.609. The van der Waals surface area contributed by atoms with E-state index in [1.165, 1.54) is 0 Å². The van der Waals surface area contributed by atoms with Gasteiger partial charge >= 0.3 is 12.0 Å². The maximum absolute atomic E-state index is 11.4. The number of hydrogen-bond donors (Lipinski definition) is 3. The predicted octanol–water partition coefficient (Wildman–Crippen LogP) is 0.0927. The number of amides is 2. The molecule has 0 aliphatic heterocycles. The Morgan fingerprint density at radius 1 is 1.47 bits per heavy atom. The maximum atomic E-state index is 11.4. The summed E-state index contributed by atoms with van der Waals surface area (Å²) >= 11 is 0. The topological polar surface area (TPSA) is 105 Å². The highest BCUT2D eigenvalue weighted by Crippen LogP contribution is 2.10. The Bertz CT molecular complexity index is 444. The molecule has 1 rings (SSSR count). The molecular weight excluding hydrogens is 252 g/mol. The van der Waals surface area contributed by atoms with E-state index in [0.717, 1.165) is 0 Å². The number of aryl methyl sites for hydroxylation is 1. The molecule has 0 bridgehead atoms. The number of carbonyl (C=O) groups excluding carboxylic acids is 1. The van der Waals surface area contributed by atoms with Gasteiger partial charge < -0.3 is 20.5 Å². The van der Waals surface area contributed by atoms with E-state index >= 15 is 0 Å². The van der Waals surface area contributed by atoms with Crippen molar-refractivity contribution in [3.05, 3.63) is 11.8 Å². The highest BCUT2D eigenvalue weighted by Gasteiger charge is 2.06. The molecule has 8 heteroatoms. The number of nitrogens with one attached hydrogen (secondary N) is 2. The zero-order valence-corrected chi connectivity index (χ0v) is 11.0. The van der Waals surface area contributed by atoms with E-state index in [4.69, 9.17) is 9.84 Å². The number of hydrogen-bond acceptors (Lipinski definition) is 4. The van der Waals surface area contributed by atoms with Gasteiger partial charge in [0.15, 0.2) is 0 Å². The Morgan fingerprint density at radius 2 is 2.21 bits per heavy atom. The first-order valence-electron chi connectivity index (χ1n) is 5.83. The van der Waals surface area contributed by atoms with Crippen molar-refractivity contribution in [2.75, 3.05) is 13.7 Å². The Kier molecular flexibility index (Phi) is 5.65. The largest absolute Gasteiger partial charge is 0.481 e. The minimum atomic E-state index is -0.872. The molecule has 1 aromatic rings. The molecule has 1 heterocycles. The van der Waals surface area contributed by atoms with Gasteiger partial charge in [-0.3, -0.25) is 4.79 Å². The van der Waals surface area contributed by atoms with Gasteiger partial charge in [-0.05, 0) is 6.42 Å². The van der Waals surface area contributed by atoms with E-state index in [9.17, 15) is 9.59 Å². The Morgan fingerprint density at radius 3 is 2.79 bits per heavy atom. The molecule has 0 aliphatic rings. The highest BCUT2D eigenvalue weighted by atomic mass is 16.5. The second kappa shape index (κ2) is 7.24. The summed E-state index contributed by atoms with van der Waals surface area (Å²) in [6.45, 7) is 0.603. The van der Waals surface area contributed by atoms with Gasteiger partial charge in [0.2, 0.25) is 5.88 Å². The van der Waals surface area contributed by atoms with Gasteiger partial charge in [0, 0.05) is 26.1 Å². The number of ether oxygens (including phenoxy) is 1. The lowest BCUT2D eigenvalue weighted by Crippen LogP contribution is -2.35. The molecule has 19 heavy (non-hydrogen) atoms. The smallest absolute Gasteiger partial charge is 0.315 e. The van der Waals surface area contributed by atoms with Crippen molar-refractivity contribution >= 4 is 12.0 Å². The normalized spacial score (nSPS) is 10.0. The van der Waals surface area contributed by atoms with Crippen molar-refractivity contribution in [1.82, 2.24) is 20.4 Å². The van der Waals surface area contributed by atoms with Crippen molar-refractivity contribution in [1.29, 1.82) is 0 Å². The van der Waals surface area contributed by atoms with Gasteiger partial charge in [-0.2, -0.15) is 5.10 Å². The third-order valence-electron chi connectivity index (χ3n) is 2.38. The van der Waals surface area contributed by atoms with Crippen LogP contribution in [0.15, 0.2) is 6.07 Å². The van der Waals surface area contributed by atoms with E-state index in [2.05, 4.69) is 15.7 Å². The van der Waals surface area contributed by atoms with Crippen LogP contribution in [-0.2, 0) is 18.4 Å². The molecule has 0 spiro atoms. The number of nitrogens with zero attached hydrogens (tertiary/aromatic N) is 2. The molecule has 1 aromatic heterocycles. The van der Waals surface area contributed by atoms with Gasteiger partial charge in [-0.25, -0.2) is 9.48 Å². The van der Waals surface area contributed by atoms with Crippen molar-refractivity contribution in [3.8, 4) is 5.88 Å². The molecule has 0 fully saturated rings. The van der Waals surface area contributed by atoms with Gasteiger partial charge in [0.25, 0.3) is 0 Å². The third kappa shape index (κ3) is 5.28. The lowest BCUT2D eigenvalue weighted by Gasteiger charge is -2.05. The SMILES string of the molecule is COc1cc(CNC(=O)NCCCC(=O)O)nn1C. The summed E-state index contributed by atoms with van der Waals surface area (Å²) in [4.78, 5) is 21.7. The van der Waals surface area contributed by atoms with Crippen LogP contribution in [0.1, 0.15) is 18.5 Å². The first kappa shape index (κ1) is 14.8. The predicted molar refractivity (Wildman–Crippen MR) is 66.9 cm³/mol.